The molecule has 0 saturated carbocycles. The van der Waals surface area contributed by atoms with Crippen LogP contribution in [0, 0.1) is 0 Å². The Kier molecular flexibility index (Phi) is 4.34. The van der Waals surface area contributed by atoms with E-state index in [1.54, 1.807) is 12.3 Å². The SMILES string of the molecule is O=CCC=NCCc1ccc(O)c(O)c1. The third-order valence-electron chi connectivity index (χ3n) is 1.90. The van der Waals surface area contributed by atoms with Gasteiger partial charge < -0.3 is 15.0 Å². The maximum Gasteiger partial charge on any atom is 0.157 e. The summed E-state index contributed by atoms with van der Waals surface area (Å²) in [5, 5.41) is 18.3. The van der Waals surface area contributed by atoms with Crippen molar-refractivity contribution in [3.63, 3.8) is 0 Å². The number of hydrogen-bond donors (Lipinski definition) is 2. The number of aliphatic imine (C=N–C) groups is 1. The van der Waals surface area contributed by atoms with Crippen molar-refractivity contribution >= 4 is 12.5 Å². The largest absolute Gasteiger partial charge is 0.504 e. The van der Waals surface area contributed by atoms with Crippen LogP contribution < -0.4 is 0 Å². The monoisotopic (exact) mass is 207 g/mol. The van der Waals surface area contributed by atoms with E-state index in [4.69, 9.17) is 5.11 Å². The zero-order valence-corrected chi connectivity index (χ0v) is 8.26. The third kappa shape index (κ3) is 3.81. The second kappa shape index (κ2) is 5.80. The number of aldehydes is 1. The van der Waals surface area contributed by atoms with Crippen LogP contribution in [0.4, 0.5) is 0 Å². The molecule has 15 heavy (non-hydrogen) atoms. The van der Waals surface area contributed by atoms with E-state index in [-0.39, 0.29) is 11.5 Å². The molecule has 4 heteroatoms. The first-order valence-electron chi connectivity index (χ1n) is 4.67. The molecule has 0 aliphatic heterocycles. The van der Waals surface area contributed by atoms with Gasteiger partial charge in [-0.25, -0.2) is 0 Å². The molecule has 2 N–H and O–H groups in total. The van der Waals surface area contributed by atoms with Gasteiger partial charge in [0, 0.05) is 19.2 Å². The highest BCUT2D eigenvalue weighted by Gasteiger charge is 1.99. The molecule has 0 saturated heterocycles. The molecule has 0 amide bonds. The number of phenolic OH excluding ortho intramolecular Hbond substituents is 2. The van der Waals surface area contributed by atoms with E-state index in [1.807, 2.05) is 0 Å². The molecule has 1 rings (SSSR count). The minimum Gasteiger partial charge on any atom is -0.504 e. The van der Waals surface area contributed by atoms with Crippen molar-refractivity contribution in [3.05, 3.63) is 23.8 Å². The second-order valence-corrected chi connectivity index (χ2v) is 3.06. The first kappa shape index (κ1) is 11.2. The molecule has 0 aromatic heterocycles. The molecule has 0 spiro atoms. The lowest BCUT2D eigenvalue weighted by atomic mass is 10.1. The van der Waals surface area contributed by atoms with Crippen LogP contribution in [-0.2, 0) is 11.2 Å². The molecule has 0 aliphatic carbocycles. The maximum atomic E-state index is 9.97. The summed E-state index contributed by atoms with van der Waals surface area (Å²) in [5.41, 5.74) is 0.897. The summed E-state index contributed by atoms with van der Waals surface area (Å²) >= 11 is 0. The van der Waals surface area contributed by atoms with Crippen LogP contribution in [0.5, 0.6) is 11.5 Å². The van der Waals surface area contributed by atoms with Crippen molar-refractivity contribution in [1.29, 1.82) is 0 Å². The summed E-state index contributed by atoms with van der Waals surface area (Å²) in [5.74, 6) is -0.243. The molecule has 1 aromatic rings. The maximum absolute atomic E-state index is 9.97. The minimum absolute atomic E-state index is 0.121. The summed E-state index contributed by atoms with van der Waals surface area (Å²) in [6.45, 7) is 0.568. The fraction of sp³-hybridized carbons (Fsp3) is 0.273. The van der Waals surface area contributed by atoms with Crippen molar-refractivity contribution in [2.75, 3.05) is 6.54 Å². The van der Waals surface area contributed by atoms with Crippen molar-refractivity contribution in [3.8, 4) is 11.5 Å². The normalized spacial score (nSPS) is 10.7. The van der Waals surface area contributed by atoms with E-state index in [0.717, 1.165) is 11.8 Å². The number of hydrogen-bond acceptors (Lipinski definition) is 4. The van der Waals surface area contributed by atoms with E-state index in [0.29, 0.717) is 19.4 Å². The van der Waals surface area contributed by atoms with Gasteiger partial charge in [0.1, 0.15) is 6.29 Å². The van der Waals surface area contributed by atoms with Gasteiger partial charge >= 0.3 is 0 Å². The van der Waals surface area contributed by atoms with E-state index in [9.17, 15) is 9.90 Å². The number of aromatic hydroxyl groups is 2. The first-order chi connectivity index (χ1) is 7.24. The zero-order valence-electron chi connectivity index (χ0n) is 8.26. The smallest absolute Gasteiger partial charge is 0.157 e. The van der Waals surface area contributed by atoms with Crippen LogP contribution in [0.2, 0.25) is 0 Å². The van der Waals surface area contributed by atoms with E-state index in [1.165, 1.54) is 12.1 Å². The molecule has 4 nitrogen and oxygen atoms in total. The Morgan fingerprint density at radius 3 is 2.73 bits per heavy atom. The van der Waals surface area contributed by atoms with Crippen molar-refractivity contribution in [1.82, 2.24) is 0 Å². The quantitative estimate of drug-likeness (QED) is 0.434. The molecular weight excluding hydrogens is 194 g/mol. The average Bonchev–Trinajstić information content (AvgIpc) is 2.23. The van der Waals surface area contributed by atoms with Gasteiger partial charge in [0.25, 0.3) is 0 Å². The Bertz CT molecular complexity index is 361. The third-order valence-corrected chi connectivity index (χ3v) is 1.90. The van der Waals surface area contributed by atoms with Crippen LogP contribution in [0.25, 0.3) is 0 Å². The van der Waals surface area contributed by atoms with Gasteiger partial charge in [0.05, 0.1) is 0 Å². The molecule has 0 radical (unpaired) electrons. The van der Waals surface area contributed by atoms with Crippen LogP contribution in [0.1, 0.15) is 12.0 Å². The Labute approximate surface area is 87.9 Å². The zero-order chi connectivity index (χ0) is 11.1. The van der Waals surface area contributed by atoms with Gasteiger partial charge in [0.15, 0.2) is 11.5 Å². The van der Waals surface area contributed by atoms with E-state index >= 15 is 0 Å². The van der Waals surface area contributed by atoms with Gasteiger partial charge in [-0.3, -0.25) is 4.99 Å². The van der Waals surface area contributed by atoms with Crippen molar-refractivity contribution in [2.45, 2.75) is 12.8 Å². The fourth-order valence-corrected chi connectivity index (χ4v) is 1.13. The molecule has 0 aliphatic rings. The van der Waals surface area contributed by atoms with Gasteiger partial charge in [-0.1, -0.05) is 6.07 Å². The number of phenols is 2. The summed E-state index contributed by atoms with van der Waals surface area (Å²) < 4.78 is 0. The lowest BCUT2D eigenvalue weighted by Gasteiger charge is -2.01. The lowest BCUT2D eigenvalue weighted by Crippen LogP contribution is -1.90. The van der Waals surface area contributed by atoms with Crippen LogP contribution in [0.15, 0.2) is 23.2 Å². The molecule has 80 valence electrons. The lowest BCUT2D eigenvalue weighted by molar-refractivity contribution is -0.106. The van der Waals surface area contributed by atoms with E-state index in [2.05, 4.69) is 4.99 Å². The number of benzene rings is 1. The highest BCUT2D eigenvalue weighted by molar-refractivity contribution is 5.76. The van der Waals surface area contributed by atoms with E-state index < -0.39 is 0 Å². The Morgan fingerprint density at radius 2 is 2.07 bits per heavy atom. The molecule has 0 unspecified atom stereocenters. The summed E-state index contributed by atoms with van der Waals surface area (Å²) in [6, 6.07) is 4.68. The van der Waals surface area contributed by atoms with Crippen LogP contribution >= 0.6 is 0 Å². The number of rotatable bonds is 5. The highest BCUT2D eigenvalue weighted by Crippen LogP contribution is 2.24. The topological polar surface area (TPSA) is 69.9 Å². The molecule has 0 fully saturated rings. The number of carbonyl (C=O) groups excluding carboxylic acids is 1. The summed E-state index contributed by atoms with van der Waals surface area (Å²) in [6.07, 6.45) is 3.35. The second-order valence-electron chi connectivity index (χ2n) is 3.06. The Balaban J connectivity index is 2.44. The molecule has 0 atom stereocenters. The number of nitrogens with zero attached hydrogens (tertiary/aromatic N) is 1. The highest BCUT2D eigenvalue weighted by atomic mass is 16.3. The average molecular weight is 207 g/mol. The molecular formula is C11H13NO3. The predicted octanol–water partition coefficient (Wildman–Crippen LogP) is 1.30. The molecule has 0 heterocycles. The minimum atomic E-state index is -0.122. The van der Waals surface area contributed by atoms with Crippen LogP contribution in [-0.4, -0.2) is 29.3 Å². The Morgan fingerprint density at radius 1 is 1.27 bits per heavy atom. The van der Waals surface area contributed by atoms with Crippen LogP contribution in [0.3, 0.4) is 0 Å². The van der Waals surface area contributed by atoms with Crippen molar-refractivity contribution in [2.24, 2.45) is 4.99 Å². The number of carbonyl (C=O) groups is 1. The summed E-state index contributed by atoms with van der Waals surface area (Å²) in [4.78, 5) is 14.0. The Hall–Kier alpha value is -1.84. The fourth-order valence-electron chi connectivity index (χ4n) is 1.13. The van der Waals surface area contributed by atoms with Gasteiger partial charge in [0.2, 0.25) is 0 Å². The molecule has 0 bridgehead atoms. The first-order valence-corrected chi connectivity index (χ1v) is 4.67. The van der Waals surface area contributed by atoms with Gasteiger partial charge in [-0.05, 0) is 24.1 Å². The standard InChI is InChI=1S/C11H13NO3/c13-7-1-5-12-6-4-9-2-3-10(14)11(15)8-9/h2-3,5,7-8,14-15H,1,4,6H2. The predicted molar refractivity (Wildman–Crippen MR) is 57.5 cm³/mol. The van der Waals surface area contributed by atoms with Crippen molar-refractivity contribution < 1.29 is 15.0 Å². The van der Waals surface area contributed by atoms with Gasteiger partial charge in [-0.15, -0.1) is 0 Å². The molecule has 1 aromatic carbocycles. The summed E-state index contributed by atoms with van der Waals surface area (Å²) in [7, 11) is 0. The van der Waals surface area contributed by atoms with Gasteiger partial charge in [-0.2, -0.15) is 0 Å².